The number of hydrogen-bond acceptors (Lipinski definition) is 3. The van der Waals surface area contributed by atoms with Crippen LogP contribution >= 0.6 is 27.5 Å². The summed E-state index contributed by atoms with van der Waals surface area (Å²) in [6.45, 7) is 1.07. The maximum Gasteiger partial charge on any atom is 0.251 e. The fourth-order valence-corrected chi connectivity index (χ4v) is 5.47. The zero-order valence-electron chi connectivity index (χ0n) is 16.8. The summed E-state index contributed by atoms with van der Waals surface area (Å²) in [5.74, 6) is 0.164. The summed E-state index contributed by atoms with van der Waals surface area (Å²) in [5.41, 5.74) is 0.538. The van der Waals surface area contributed by atoms with Crippen molar-refractivity contribution >= 4 is 39.3 Å². The Morgan fingerprint density at radius 1 is 1.20 bits per heavy atom. The van der Waals surface area contributed by atoms with Gasteiger partial charge in [-0.2, -0.15) is 0 Å². The van der Waals surface area contributed by atoms with E-state index in [0.717, 1.165) is 35.3 Å². The number of halogens is 2. The van der Waals surface area contributed by atoms with Crippen molar-refractivity contribution in [2.45, 2.75) is 50.2 Å². The second-order valence-electron chi connectivity index (χ2n) is 8.45. The summed E-state index contributed by atoms with van der Waals surface area (Å²) in [6.07, 6.45) is 11.7. The third-order valence-corrected chi connectivity index (χ3v) is 7.11. The van der Waals surface area contributed by atoms with E-state index >= 15 is 0 Å². The Labute approximate surface area is 191 Å². The van der Waals surface area contributed by atoms with Crippen LogP contribution < -0.4 is 10.6 Å². The lowest BCUT2D eigenvalue weighted by atomic mass is 9.93. The van der Waals surface area contributed by atoms with Crippen molar-refractivity contribution in [2.24, 2.45) is 5.92 Å². The molecule has 0 aromatic heterocycles. The van der Waals surface area contributed by atoms with Gasteiger partial charge in [0.2, 0.25) is 5.91 Å². The quantitative estimate of drug-likeness (QED) is 0.631. The Morgan fingerprint density at radius 2 is 1.97 bits per heavy atom. The van der Waals surface area contributed by atoms with Crippen LogP contribution in [0.4, 0.5) is 0 Å². The van der Waals surface area contributed by atoms with Crippen molar-refractivity contribution in [1.29, 1.82) is 0 Å². The maximum absolute atomic E-state index is 12.4. The predicted molar refractivity (Wildman–Crippen MR) is 122 cm³/mol. The molecule has 3 aliphatic rings. The van der Waals surface area contributed by atoms with Gasteiger partial charge in [0.1, 0.15) is 0 Å². The van der Waals surface area contributed by atoms with E-state index in [1.807, 2.05) is 12.1 Å². The number of piperidine rings is 1. The first kappa shape index (κ1) is 21.6. The summed E-state index contributed by atoms with van der Waals surface area (Å²) in [4.78, 5) is 27.3. The molecule has 4 rings (SSSR count). The van der Waals surface area contributed by atoms with Gasteiger partial charge in [-0.25, -0.2) is 0 Å². The summed E-state index contributed by atoms with van der Waals surface area (Å²) in [5, 5.41) is 6.69. The zero-order valence-corrected chi connectivity index (χ0v) is 19.2. The van der Waals surface area contributed by atoms with E-state index in [9.17, 15) is 9.59 Å². The van der Waals surface area contributed by atoms with E-state index in [1.165, 1.54) is 12.8 Å². The third-order valence-electron chi connectivity index (χ3n) is 6.33. The minimum absolute atomic E-state index is 0.000850. The lowest BCUT2D eigenvalue weighted by Crippen LogP contribution is -2.52. The molecule has 2 fully saturated rings. The molecule has 2 amide bonds. The van der Waals surface area contributed by atoms with Gasteiger partial charge in [-0.1, -0.05) is 45.7 Å². The summed E-state index contributed by atoms with van der Waals surface area (Å²) >= 11 is 9.40. The van der Waals surface area contributed by atoms with Gasteiger partial charge in [0.25, 0.3) is 5.91 Å². The van der Waals surface area contributed by atoms with E-state index in [0.29, 0.717) is 23.6 Å². The fraction of sp³-hybridized carbons (Fsp3) is 0.478. The van der Waals surface area contributed by atoms with Crippen LogP contribution in [-0.4, -0.2) is 47.9 Å². The predicted octanol–water partition coefficient (Wildman–Crippen LogP) is 3.99. The number of allylic oxidation sites excluding steroid dienone is 3. The molecule has 2 bridgehead atoms. The molecule has 5 nitrogen and oxygen atoms in total. The summed E-state index contributed by atoms with van der Waals surface area (Å²) in [6, 6.07) is 8.38. The Kier molecular flexibility index (Phi) is 6.96. The first-order valence-electron chi connectivity index (χ1n) is 10.6. The van der Waals surface area contributed by atoms with Crippen LogP contribution in [0, 0.1) is 5.92 Å². The van der Waals surface area contributed by atoms with Crippen LogP contribution in [-0.2, 0) is 4.79 Å². The standard InChI is InChI=1S/C23H27BrClN3O2/c24-17-3-1-2-16(10-17)23(30)26-13-22(29)27-19-11-20-8-9-21(12-19)28(20)14-15-4-6-18(25)7-5-15/h1-4,6-7,10,15,19-21H,5,8-9,11-14H2,(H,26,30)(H,27,29)/t15?,19-,20+,21-. The van der Waals surface area contributed by atoms with Crippen molar-refractivity contribution in [3.05, 3.63) is 57.6 Å². The highest BCUT2D eigenvalue weighted by Crippen LogP contribution is 2.37. The Balaban J connectivity index is 1.23. The highest BCUT2D eigenvalue weighted by molar-refractivity contribution is 9.10. The molecular formula is C23H27BrClN3O2. The van der Waals surface area contributed by atoms with Crippen LogP contribution in [0.2, 0.25) is 0 Å². The van der Waals surface area contributed by atoms with Gasteiger partial charge < -0.3 is 10.6 Å². The molecule has 0 radical (unpaired) electrons. The van der Waals surface area contributed by atoms with Gasteiger partial charge in [-0.3, -0.25) is 14.5 Å². The van der Waals surface area contributed by atoms with E-state index in [2.05, 4.69) is 43.6 Å². The van der Waals surface area contributed by atoms with Crippen LogP contribution in [0.25, 0.3) is 0 Å². The number of rotatable bonds is 6. The molecule has 2 aliphatic heterocycles. The smallest absolute Gasteiger partial charge is 0.251 e. The highest BCUT2D eigenvalue weighted by atomic mass is 79.9. The molecule has 4 atom stereocenters. The monoisotopic (exact) mass is 491 g/mol. The summed E-state index contributed by atoms with van der Waals surface area (Å²) in [7, 11) is 0. The van der Waals surface area contributed by atoms with Crippen LogP contribution in [0.1, 0.15) is 42.5 Å². The Morgan fingerprint density at radius 3 is 2.63 bits per heavy atom. The minimum Gasteiger partial charge on any atom is -0.352 e. The van der Waals surface area contributed by atoms with Gasteiger partial charge in [-0.05, 0) is 62.3 Å². The molecule has 0 saturated carbocycles. The zero-order chi connectivity index (χ0) is 21.1. The first-order chi connectivity index (χ1) is 14.5. The van der Waals surface area contributed by atoms with Crippen LogP contribution in [0.5, 0.6) is 0 Å². The number of carbonyl (C=O) groups excluding carboxylic acids is 2. The second-order valence-corrected chi connectivity index (χ2v) is 9.81. The van der Waals surface area contributed by atoms with Crippen molar-refractivity contribution in [1.82, 2.24) is 15.5 Å². The molecule has 160 valence electrons. The molecule has 0 spiro atoms. The molecular weight excluding hydrogens is 466 g/mol. The average molecular weight is 493 g/mol. The number of fused-ring (bicyclic) bond motifs is 2. The van der Waals surface area contributed by atoms with Gasteiger partial charge >= 0.3 is 0 Å². The van der Waals surface area contributed by atoms with Gasteiger partial charge in [0.05, 0.1) is 6.54 Å². The molecule has 1 unspecified atom stereocenters. The van der Waals surface area contributed by atoms with Crippen LogP contribution in [0.15, 0.2) is 52.0 Å². The number of nitrogens with zero attached hydrogens (tertiary/aromatic N) is 1. The number of benzene rings is 1. The molecule has 1 aliphatic carbocycles. The van der Waals surface area contributed by atoms with Gasteiger partial charge in [-0.15, -0.1) is 0 Å². The summed E-state index contributed by atoms with van der Waals surface area (Å²) < 4.78 is 0.838. The number of nitrogens with one attached hydrogen (secondary N) is 2. The SMILES string of the molecule is O=C(CNC(=O)c1cccc(Br)c1)N[C@H]1C[C@H]2CC[C@@H](C1)N2CC1C=CC(Cl)=CC1. The second kappa shape index (κ2) is 9.67. The lowest BCUT2D eigenvalue weighted by Gasteiger charge is -2.40. The topological polar surface area (TPSA) is 61.4 Å². The van der Waals surface area contributed by atoms with Gasteiger partial charge in [0.15, 0.2) is 0 Å². The highest BCUT2D eigenvalue weighted by Gasteiger charge is 2.41. The van der Waals surface area contributed by atoms with Crippen molar-refractivity contribution in [3.63, 3.8) is 0 Å². The molecule has 2 saturated heterocycles. The number of hydrogen-bond donors (Lipinski definition) is 2. The molecule has 30 heavy (non-hydrogen) atoms. The Bertz CT molecular complexity index is 858. The fourth-order valence-electron chi connectivity index (χ4n) is 4.91. The third kappa shape index (κ3) is 5.34. The molecule has 2 heterocycles. The van der Waals surface area contributed by atoms with E-state index in [-0.39, 0.29) is 24.4 Å². The van der Waals surface area contributed by atoms with Crippen LogP contribution in [0.3, 0.4) is 0 Å². The minimum atomic E-state index is -0.240. The van der Waals surface area contributed by atoms with Crippen molar-refractivity contribution < 1.29 is 9.59 Å². The maximum atomic E-state index is 12.4. The molecule has 1 aromatic carbocycles. The Hall–Kier alpha value is -1.63. The largest absolute Gasteiger partial charge is 0.352 e. The van der Waals surface area contributed by atoms with Crippen molar-refractivity contribution in [3.8, 4) is 0 Å². The normalized spacial score (nSPS) is 28.1. The molecule has 2 N–H and O–H groups in total. The lowest BCUT2D eigenvalue weighted by molar-refractivity contribution is -0.121. The van der Waals surface area contributed by atoms with Gasteiger partial charge in [0, 0.05) is 39.7 Å². The first-order valence-corrected chi connectivity index (χ1v) is 11.8. The number of carbonyl (C=O) groups is 2. The van der Waals surface area contributed by atoms with Crippen molar-refractivity contribution in [2.75, 3.05) is 13.1 Å². The molecule has 1 aromatic rings. The van der Waals surface area contributed by atoms with E-state index in [1.54, 1.807) is 18.2 Å². The van der Waals surface area contributed by atoms with E-state index in [4.69, 9.17) is 11.6 Å². The number of amides is 2. The molecule has 7 heteroatoms. The van der Waals surface area contributed by atoms with E-state index < -0.39 is 0 Å². The average Bonchev–Trinajstić information content (AvgIpc) is 2.95.